The molecule has 0 aromatic carbocycles. The summed E-state index contributed by atoms with van der Waals surface area (Å²) in [7, 11) is 1.99. The molecule has 1 saturated heterocycles. The van der Waals surface area contributed by atoms with Gasteiger partial charge >= 0.3 is 0 Å². The number of aromatic nitrogens is 2. The van der Waals surface area contributed by atoms with Crippen molar-refractivity contribution >= 4 is 5.95 Å². The van der Waals surface area contributed by atoms with Gasteiger partial charge in [0.25, 0.3) is 0 Å². The van der Waals surface area contributed by atoms with Crippen LogP contribution in [0, 0.1) is 0 Å². The minimum atomic E-state index is 0.601. The van der Waals surface area contributed by atoms with Gasteiger partial charge in [-0.1, -0.05) is 6.92 Å². The summed E-state index contributed by atoms with van der Waals surface area (Å²) >= 11 is 0. The molecule has 2 heterocycles. The molecular weight excluding hydrogens is 176 g/mol. The maximum absolute atomic E-state index is 4.33. The molecule has 1 aromatic rings. The van der Waals surface area contributed by atoms with Crippen LogP contribution in [0.1, 0.15) is 12.5 Å². The molecule has 0 atom stereocenters. The smallest absolute Gasteiger partial charge is 0.225 e. The lowest BCUT2D eigenvalue weighted by molar-refractivity contribution is 0.443. The normalized spacial score (nSPS) is 16.9. The summed E-state index contributed by atoms with van der Waals surface area (Å²) in [6.07, 6.45) is 4.82. The highest BCUT2D eigenvalue weighted by molar-refractivity contribution is 5.35. The van der Waals surface area contributed by atoms with E-state index in [2.05, 4.69) is 27.1 Å². The average Bonchev–Trinajstić information content (AvgIpc) is 2.17. The number of nitrogens with zero attached hydrogens (tertiary/aromatic N) is 3. The molecule has 0 saturated carbocycles. The van der Waals surface area contributed by atoms with E-state index in [1.807, 2.05) is 19.4 Å². The molecule has 0 aliphatic carbocycles. The first-order chi connectivity index (χ1) is 6.83. The number of hydrogen-bond acceptors (Lipinski definition) is 4. The van der Waals surface area contributed by atoms with Crippen LogP contribution in [0.15, 0.2) is 12.4 Å². The third-order valence-corrected chi connectivity index (χ3v) is 2.67. The van der Waals surface area contributed by atoms with E-state index in [-0.39, 0.29) is 0 Å². The van der Waals surface area contributed by atoms with Crippen LogP contribution in [0.25, 0.3) is 0 Å². The fourth-order valence-electron chi connectivity index (χ4n) is 1.52. The first kappa shape index (κ1) is 9.40. The van der Waals surface area contributed by atoms with Crippen molar-refractivity contribution in [3.8, 4) is 0 Å². The van der Waals surface area contributed by atoms with Gasteiger partial charge in [0.2, 0.25) is 5.95 Å². The van der Waals surface area contributed by atoms with Crippen LogP contribution < -0.4 is 10.2 Å². The van der Waals surface area contributed by atoms with Gasteiger partial charge in [0.1, 0.15) is 0 Å². The Morgan fingerprint density at radius 1 is 1.43 bits per heavy atom. The topological polar surface area (TPSA) is 41.1 Å². The van der Waals surface area contributed by atoms with E-state index < -0.39 is 0 Å². The summed E-state index contributed by atoms with van der Waals surface area (Å²) in [6, 6.07) is 0.601. The van der Waals surface area contributed by atoms with Crippen molar-refractivity contribution in [3.63, 3.8) is 0 Å². The Morgan fingerprint density at radius 3 is 2.57 bits per heavy atom. The summed E-state index contributed by atoms with van der Waals surface area (Å²) in [5.74, 6) is 0.855. The highest BCUT2D eigenvalue weighted by atomic mass is 15.3. The van der Waals surface area contributed by atoms with Crippen LogP contribution in [0.3, 0.4) is 0 Å². The molecule has 4 heteroatoms. The molecule has 0 bridgehead atoms. The minimum Gasteiger partial charge on any atom is -0.338 e. The van der Waals surface area contributed by atoms with E-state index in [9.17, 15) is 0 Å². The molecular formula is C10H16N4. The van der Waals surface area contributed by atoms with Crippen LogP contribution in [0.4, 0.5) is 5.95 Å². The van der Waals surface area contributed by atoms with Crippen molar-refractivity contribution in [2.24, 2.45) is 0 Å². The quantitative estimate of drug-likeness (QED) is 0.755. The number of likely N-dealkylation sites (N-methyl/N-ethyl adjacent to an activating group) is 1. The van der Waals surface area contributed by atoms with Crippen molar-refractivity contribution in [1.82, 2.24) is 15.3 Å². The molecule has 1 fully saturated rings. The molecule has 0 unspecified atom stereocenters. The van der Waals surface area contributed by atoms with Crippen LogP contribution in [-0.4, -0.2) is 36.1 Å². The van der Waals surface area contributed by atoms with Gasteiger partial charge in [-0.05, 0) is 19.0 Å². The second-order valence-corrected chi connectivity index (χ2v) is 3.64. The predicted molar refractivity (Wildman–Crippen MR) is 56.5 cm³/mol. The van der Waals surface area contributed by atoms with Gasteiger partial charge in [0, 0.05) is 31.5 Å². The third-order valence-electron chi connectivity index (χ3n) is 2.67. The number of anilines is 1. The van der Waals surface area contributed by atoms with Gasteiger partial charge in [0.15, 0.2) is 0 Å². The largest absolute Gasteiger partial charge is 0.338 e. The number of hydrogen-bond donors (Lipinski definition) is 1. The van der Waals surface area contributed by atoms with Crippen molar-refractivity contribution in [2.45, 2.75) is 19.4 Å². The Balaban J connectivity index is 1.98. The van der Waals surface area contributed by atoms with Crippen LogP contribution in [-0.2, 0) is 6.42 Å². The standard InChI is InChI=1S/C10H16N4/c1-3-8-4-12-10(13-5-8)14-6-9(7-14)11-2/h4-5,9,11H,3,6-7H2,1-2H3. The summed E-state index contributed by atoms with van der Waals surface area (Å²) in [5.41, 5.74) is 1.19. The van der Waals surface area contributed by atoms with Crippen LogP contribution >= 0.6 is 0 Å². The zero-order valence-corrected chi connectivity index (χ0v) is 8.70. The molecule has 1 aliphatic rings. The van der Waals surface area contributed by atoms with Crippen molar-refractivity contribution < 1.29 is 0 Å². The lowest BCUT2D eigenvalue weighted by atomic mass is 10.1. The molecule has 14 heavy (non-hydrogen) atoms. The summed E-state index contributed by atoms with van der Waals surface area (Å²) < 4.78 is 0. The van der Waals surface area contributed by atoms with Gasteiger partial charge < -0.3 is 10.2 Å². The Bertz CT molecular complexity index is 289. The maximum atomic E-state index is 4.33. The molecule has 2 rings (SSSR count). The first-order valence-corrected chi connectivity index (χ1v) is 5.06. The van der Waals surface area contributed by atoms with E-state index in [0.717, 1.165) is 25.5 Å². The van der Waals surface area contributed by atoms with Gasteiger partial charge in [-0.15, -0.1) is 0 Å². The third kappa shape index (κ3) is 1.70. The van der Waals surface area contributed by atoms with Crippen LogP contribution in [0.5, 0.6) is 0 Å². The van der Waals surface area contributed by atoms with Gasteiger partial charge in [-0.3, -0.25) is 0 Å². The Hall–Kier alpha value is -1.16. The molecule has 4 nitrogen and oxygen atoms in total. The molecule has 1 aliphatic heterocycles. The number of aryl methyl sites for hydroxylation is 1. The average molecular weight is 192 g/mol. The summed E-state index contributed by atoms with van der Waals surface area (Å²) in [4.78, 5) is 10.8. The van der Waals surface area contributed by atoms with Crippen molar-refractivity contribution in [2.75, 3.05) is 25.0 Å². The molecule has 1 aromatic heterocycles. The Morgan fingerprint density at radius 2 is 2.07 bits per heavy atom. The fraction of sp³-hybridized carbons (Fsp3) is 0.600. The molecule has 0 radical (unpaired) electrons. The summed E-state index contributed by atoms with van der Waals surface area (Å²) in [5, 5.41) is 3.23. The lowest BCUT2D eigenvalue weighted by Crippen LogP contribution is -2.57. The molecule has 76 valence electrons. The molecule has 0 spiro atoms. The van der Waals surface area contributed by atoms with E-state index in [0.29, 0.717) is 6.04 Å². The highest BCUT2D eigenvalue weighted by Gasteiger charge is 2.26. The Labute approximate surface area is 84.4 Å². The molecule has 1 N–H and O–H groups in total. The van der Waals surface area contributed by atoms with E-state index in [1.54, 1.807) is 0 Å². The summed E-state index contributed by atoms with van der Waals surface area (Å²) in [6.45, 7) is 4.14. The number of nitrogens with one attached hydrogen (secondary N) is 1. The predicted octanol–water partition coefficient (Wildman–Crippen LogP) is 0.447. The van der Waals surface area contributed by atoms with E-state index in [1.165, 1.54) is 5.56 Å². The second kappa shape index (κ2) is 3.92. The van der Waals surface area contributed by atoms with E-state index >= 15 is 0 Å². The van der Waals surface area contributed by atoms with Gasteiger partial charge in [0.05, 0.1) is 0 Å². The zero-order chi connectivity index (χ0) is 9.97. The molecule has 0 amide bonds. The SMILES string of the molecule is CCc1cnc(N2CC(NC)C2)nc1. The fourth-order valence-corrected chi connectivity index (χ4v) is 1.52. The lowest BCUT2D eigenvalue weighted by Gasteiger charge is -2.38. The zero-order valence-electron chi connectivity index (χ0n) is 8.70. The Kier molecular flexibility index (Phi) is 2.63. The monoisotopic (exact) mass is 192 g/mol. The maximum Gasteiger partial charge on any atom is 0.225 e. The highest BCUT2D eigenvalue weighted by Crippen LogP contribution is 2.15. The van der Waals surface area contributed by atoms with Crippen LogP contribution in [0.2, 0.25) is 0 Å². The first-order valence-electron chi connectivity index (χ1n) is 5.06. The van der Waals surface area contributed by atoms with E-state index in [4.69, 9.17) is 0 Å². The van der Waals surface area contributed by atoms with Gasteiger partial charge in [-0.25, -0.2) is 9.97 Å². The van der Waals surface area contributed by atoms with Crippen molar-refractivity contribution in [3.05, 3.63) is 18.0 Å². The van der Waals surface area contributed by atoms with Gasteiger partial charge in [-0.2, -0.15) is 0 Å². The minimum absolute atomic E-state index is 0.601. The van der Waals surface area contributed by atoms with Crippen molar-refractivity contribution in [1.29, 1.82) is 0 Å². The second-order valence-electron chi connectivity index (χ2n) is 3.64. The number of rotatable bonds is 3.